The highest BCUT2D eigenvalue weighted by molar-refractivity contribution is 5.99. The van der Waals surface area contributed by atoms with E-state index in [4.69, 9.17) is 9.52 Å². The normalized spacial score (nSPS) is 11.4. The van der Waals surface area contributed by atoms with Gasteiger partial charge in [-0.1, -0.05) is 56.7 Å². The van der Waals surface area contributed by atoms with Crippen molar-refractivity contribution in [2.75, 3.05) is 11.9 Å². The molecular formula is C29H32N4O3. The van der Waals surface area contributed by atoms with Crippen LogP contribution in [0.15, 0.2) is 77.4 Å². The summed E-state index contributed by atoms with van der Waals surface area (Å²) in [5, 5.41) is 7.82. The zero-order valence-corrected chi connectivity index (χ0v) is 21.4. The van der Waals surface area contributed by atoms with Crippen LogP contribution < -0.4 is 5.32 Å². The quantitative estimate of drug-likeness (QED) is 0.367. The average molecular weight is 485 g/mol. The predicted octanol–water partition coefficient (Wildman–Crippen LogP) is 5.66. The molecule has 7 nitrogen and oxygen atoms in total. The fourth-order valence-electron chi connectivity index (χ4n) is 3.97. The summed E-state index contributed by atoms with van der Waals surface area (Å²) >= 11 is 0. The number of aryl methyl sites for hydroxylation is 2. The van der Waals surface area contributed by atoms with E-state index in [1.807, 2.05) is 38.1 Å². The lowest BCUT2D eigenvalue weighted by atomic mass is 9.92. The van der Waals surface area contributed by atoms with Crippen LogP contribution in [0.4, 0.5) is 5.82 Å². The van der Waals surface area contributed by atoms with Gasteiger partial charge in [0.25, 0.3) is 5.91 Å². The number of benzene rings is 2. The maximum Gasteiger partial charge on any atom is 0.254 e. The van der Waals surface area contributed by atoms with Gasteiger partial charge in [-0.25, -0.2) is 4.68 Å². The second kappa shape index (κ2) is 10.2. The molecule has 4 rings (SSSR count). The molecule has 0 bridgehead atoms. The number of carbonyl (C=O) groups is 2. The van der Waals surface area contributed by atoms with Crippen molar-refractivity contribution in [3.8, 4) is 5.69 Å². The number of rotatable bonds is 7. The molecule has 0 saturated heterocycles. The summed E-state index contributed by atoms with van der Waals surface area (Å²) < 4.78 is 7.22. The topological polar surface area (TPSA) is 80.4 Å². The van der Waals surface area contributed by atoms with Crippen molar-refractivity contribution in [3.05, 3.63) is 101 Å². The maximum absolute atomic E-state index is 13.3. The summed E-state index contributed by atoms with van der Waals surface area (Å²) in [6, 6.07) is 20.5. The van der Waals surface area contributed by atoms with Crippen LogP contribution in [0.25, 0.3) is 5.69 Å². The Morgan fingerprint density at radius 3 is 2.39 bits per heavy atom. The van der Waals surface area contributed by atoms with E-state index in [0.29, 0.717) is 17.1 Å². The summed E-state index contributed by atoms with van der Waals surface area (Å²) in [5.41, 5.74) is 4.24. The number of nitrogens with one attached hydrogen (secondary N) is 1. The fraction of sp³-hybridized carbons (Fsp3) is 0.276. The number of anilines is 1. The average Bonchev–Trinajstić information content (AvgIpc) is 3.49. The first-order chi connectivity index (χ1) is 17.1. The highest BCUT2D eigenvalue weighted by atomic mass is 16.3. The first kappa shape index (κ1) is 25.0. The van der Waals surface area contributed by atoms with E-state index in [2.05, 4.69) is 32.2 Å². The van der Waals surface area contributed by atoms with Crippen molar-refractivity contribution in [1.82, 2.24) is 14.7 Å². The van der Waals surface area contributed by atoms with Gasteiger partial charge in [-0.05, 0) is 49.7 Å². The van der Waals surface area contributed by atoms with Gasteiger partial charge in [0.15, 0.2) is 0 Å². The largest absolute Gasteiger partial charge is 0.467 e. The molecule has 0 spiro atoms. The van der Waals surface area contributed by atoms with Gasteiger partial charge in [0.05, 0.1) is 24.2 Å². The number of nitrogens with zero attached hydrogens (tertiary/aromatic N) is 3. The first-order valence-electron chi connectivity index (χ1n) is 12.0. The molecule has 2 aromatic carbocycles. The van der Waals surface area contributed by atoms with Gasteiger partial charge in [0, 0.05) is 17.0 Å². The molecule has 2 heterocycles. The van der Waals surface area contributed by atoms with E-state index >= 15 is 0 Å². The van der Waals surface area contributed by atoms with Crippen LogP contribution in [0.1, 0.15) is 53.7 Å². The number of hydrogen-bond acceptors (Lipinski definition) is 4. The summed E-state index contributed by atoms with van der Waals surface area (Å²) in [6.45, 7) is 10.3. The van der Waals surface area contributed by atoms with Crippen LogP contribution in [0, 0.1) is 13.8 Å². The standard InChI is InChI=1S/C29H32N4O3/c1-20-13-14-24(21(2)16-20)33-26(17-25(31-33)29(3,4)5)30-27(34)19-32(18-23-12-9-15-36-23)28(35)22-10-7-6-8-11-22/h6-17H,18-19H2,1-5H3,(H,30,34). The van der Waals surface area contributed by atoms with E-state index in [-0.39, 0.29) is 30.3 Å². The second-order valence-corrected chi connectivity index (χ2v) is 10.0. The van der Waals surface area contributed by atoms with Gasteiger partial charge in [0.1, 0.15) is 18.1 Å². The Morgan fingerprint density at radius 1 is 1.00 bits per heavy atom. The molecule has 0 aliphatic rings. The highest BCUT2D eigenvalue weighted by Crippen LogP contribution is 2.28. The number of aromatic nitrogens is 2. The second-order valence-electron chi connectivity index (χ2n) is 10.0. The van der Waals surface area contributed by atoms with Crippen LogP contribution in [-0.4, -0.2) is 33.0 Å². The SMILES string of the molecule is Cc1ccc(-n2nc(C(C)(C)C)cc2NC(=O)CN(Cc2ccco2)C(=O)c2ccccc2)c(C)c1. The van der Waals surface area contributed by atoms with Crippen LogP contribution in [-0.2, 0) is 16.8 Å². The van der Waals surface area contributed by atoms with Gasteiger partial charge in [-0.15, -0.1) is 0 Å². The van der Waals surface area contributed by atoms with Gasteiger partial charge in [-0.3, -0.25) is 9.59 Å². The molecule has 2 amide bonds. The molecule has 7 heteroatoms. The van der Waals surface area contributed by atoms with Crippen molar-refractivity contribution < 1.29 is 14.0 Å². The lowest BCUT2D eigenvalue weighted by Gasteiger charge is -2.21. The van der Waals surface area contributed by atoms with Gasteiger partial charge >= 0.3 is 0 Å². The van der Waals surface area contributed by atoms with E-state index < -0.39 is 0 Å². The molecule has 0 aliphatic carbocycles. The van der Waals surface area contributed by atoms with Gasteiger partial charge in [0.2, 0.25) is 5.91 Å². The Hall–Kier alpha value is -4.13. The lowest BCUT2D eigenvalue weighted by molar-refractivity contribution is -0.117. The Balaban J connectivity index is 1.62. The van der Waals surface area contributed by atoms with Crippen molar-refractivity contribution >= 4 is 17.6 Å². The third kappa shape index (κ3) is 5.74. The summed E-state index contributed by atoms with van der Waals surface area (Å²) in [4.78, 5) is 28.0. The number of amides is 2. The molecular weight excluding hydrogens is 452 g/mol. The van der Waals surface area contributed by atoms with Crippen LogP contribution in [0.5, 0.6) is 0 Å². The highest BCUT2D eigenvalue weighted by Gasteiger charge is 2.24. The maximum atomic E-state index is 13.3. The molecule has 0 saturated carbocycles. The predicted molar refractivity (Wildman–Crippen MR) is 140 cm³/mol. The minimum absolute atomic E-state index is 0.142. The van der Waals surface area contributed by atoms with Crippen molar-refractivity contribution in [2.45, 2.75) is 46.6 Å². The molecule has 0 atom stereocenters. The summed E-state index contributed by atoms with van der Waals surface area (Å²) in [7, 11) is 0. The molecule has 0 radical (unpaired) electrons. The van der Waals surface area contributed by atoms with Gasteiger partial charge < -0.3 is 14.6 Å². The zero-order valence-electron chi connectivity index (χ0n) is 21.4. The molecule has 4 aromatic rings. The molecule has 186 valence electrons. The summed E-state index contributed by atoms with van der Waals surface area (Å²) in [5.74, 6) is 0.585. The fourth-order valence-corrected chi connectivity index (χ4v) is 3.97. The lowest BCUT2D eigenvalue weighted by Crippen LogP contribution is -2.37. The minimum atomic E-state index is -0.322. The van der Waals surface area contributed by atoms with Crippen LogP contribution >= 0.6 is 0 Å². The molecule has 1 N–H and O–H groups in total. The zero-order chi connectivity index (χ0) is 25.9. The van der Waals surface area contributed by atoms with Crippen molar-refractivity contribution in [2.24, 2.45) is 0 Å². The Kier molecular flexibility index (Phi) is 7.10. The molecule has 0 fully saturated rings. The number of hydrogen-bond donors (Lipinski definition) is 1. The first-order valence-corrected chi connectivity index (χ1v) is 12.0. The number of furan rings is 1. The smallest absolute Gasteiger partial charge is 0.254 e. The Labute approximate surface area is 211 Å². The van der Waals surface area contributed by atoms with E-state index in [1.54, 1.807) is 47.3 Å². The Morgan fingerprint density at radius 2 is 1.75 bits per heavy atom. The number of carbonyl (C=O) groups excluding carboxylic acids is 2. The summed E-state index contributed by atoms with van der Waals surface area (Å²) in [6.07, 6.45) is 1.55. The van der Waals surface area contributed by atoms with E-state index in [1.165, 1.54) is 4.90 Å². The van der Waals surface area contributed by atoms with E-state index in [0.717, 1.165) is 22.5 Å². The Bertz CT molecular complexity index is 1350. The van der Waals surface area contributed by atoms with Gasteiger partial charge in [-0.2, -0.15) is 5.10 Å². The molecule has 36 heavy (non-hydrogen) atoms. The molecule has 2 aromatic heterocycles. The van der Waals surface area contributed by atoms with E-state index in [9.17, 15) is 9.59 Å². The minimum Gasteiger partial charge on any atom is -0.467 e. The third-order valence-electron chi connectivity index (χ3n) is 5.89. The molecule has 0 unspecified atom stereocenters. The van der Waals surface area contributed by atoms with Crippen molar-refractivity contribution in [1.29, 1.82) is 0 Å². The molecule has 0 aliphatic heterocycles. The van der Waals surface area contributed by atoms with Crippen LogP contribution in [0.2, 0.25) is 0 Å². The third-order valence-corrected chi connectivity index (χ3v) is 5.89. The monoisotopic (exact) mass is 484 g/mol. The van der Waals surface area contributed by atoms with Crippen LogP contribution in [0.3, 0.4) is 0 Å². The van der Waals surface area contributed by atoms with Crippen molar-refractivity contribution in [3.63, 3.8) is 0 Å².